The van der Waals surface area contributed by atoms with Crippen molar-refractivity contribution in [1.82, 2.24) is 15.1 Å². The average molecular weight is 626 g/mol. The summed E-state index contributed by atoms with van der Waals surface area (Å²) < 4.78 is 5.32. The van der Waals surface area contributed by atoms with Gasteiger partial charge in [-0.3, -0.25) is 19.3 Å². The van der Waals surface area contributed by atoms with Crippen LogP contribution in [0.4, 0.5) is 5.69 Å². The number of para-hydroxylation sites is 1. The molecule has 0 saturated carbocycles. The molecule has 1 atom stereocenters. The number of fused-ring (bicyclic) bond motifs is 1. The highest BCUT2D eigenvalue weighted by Gasteiger charge is 2.50. The molecule has 0 bridgehead atoms. The Kier molecular flexibility index (Phi) is 10.8. The van der Waals surface area contributed by atoms with Gasteiger partial charge in [-0.05, 0) is 54.5 Å². The summed E-state index contributed by atoms with van der Waals surface area (Å²) in [7, 11) is 1.36. The summed E-state index contributed by atoms with van der Waals surface area (Å²) in [6.07, 6.45) is 2.12. The van der Waals surface area contributed by atoms with Gasteiger partial charge in [0.2, 0.25) is 17.7 Å². The molecular weight excluding hydrogens is 582 g/mol. The Labute approximate surface area is 270 Å². The average Bonchev–Trinajstić information content (AvgIpc) is 3.20. The molecule has 1 saturated heterocycles. The number of hydrogen-bond donors (Lipinski definition) is 2. The number of anilines is 1. The van der Waals surface area contributed by atoms with Crippen LogP contribution in [0, 0.1) is 0 Å². The molecule has 2 aliphatic heterocycles. The van der Waals surface area contributed by atoms with Crippen LogP contribution in [0.2, 0.25) is 0 Å². The summed E-state index contributed by atoms with van der Waals surface area (Å²) >= 11 is 0. The smallest absolute Gasteiger partial charge is 0.332 e. The molecule has 3 aromatic rings. The molecule has 2 heterocycles. The molecule has 0 unspecified atom stereocenters. The number of nitrogens with zero attached hydrogens (tertiary/aromatic N) is 3. The summed E-state index contributed by atoms with van der Waals surface area (Å²) in [5.74, 6) is -1.41. The van der Waals surface area contributed by atoms with Crippen LogP contribution in [0.3, 0.4) is 0 Å². The van der Waals surface area contributed by atoms with Crippen molar-refractivity contribution < 1.29 is 23.9 Å². The van der Waals surface area contributed by atoms with Gasteiger partial charge in [0.05, 0.1) is 19.7 Å². The molecular formula is C36H43N5O5. The van der Waals surface area contributed by atoms with Crippen LogP contribution in [0.1, 0.15) is 36.0 Å². The minimum absolute atomic E-state index is 0.0343. The van der Waals surface area contributed by atoms with Gasteiger partial charge in [0.15, 0.2) is 0 Å². The van der Waals surface area contributed by atoms with E-state index >= 15 is 0 Å². The Morgan fingerprint density at radius 1 is 0.935 bits per heavy atom. The van der Waals surface area contributed by atoms with Crippen LogP contribution < -0.4 is 16.0 Å². The van der Waals surface area contributed by atoms with Gasteiger partial charge < -0.3 is 25.6 Å². The van der Waals surface area contributed by atoms with Crippen LogP contribution in [0.5, 0.6) is 0 Å². The van der Waals surface area contributed by atoms with E-state index in [1.807, 2.05) is 72.8 Å². The normalized spacial score (nSPS) is 17.8. The molecule has 3 amide bonds. The van der Waals surface area contributed by atoms with Crippen LogP contribution in [-0.4, -0.2) is 84.9 Å². The van der Waals surface area contributed by atoms with Crippen molar-refractivity contribution >= 4 is 29.4 Å². The van der Waals surface area contributed by atoms with E-state index in [1.165, 1.54) is 17.6 Å². The fourth-order valence-electron chi connectivity index (χ4n) is 6.53. The summed E-state index contributed by atoms with van der Waals surface area (Å²) in [5, 5.41) is 2.80. The maximum absolute atomic E-state index is 14.0. The predicted octanol–water partition coefficient (Wildman–Crippen LogP) is 2.69. The number of ether oxygens (including phenoxy) is 1. The lowest BCUT2D eigenvalue weighted by molar-refractivity contribution is -0.151. The molecule has 5 rings (SSSR count). The topological polar surface area (TPSA) is 125 Å². The Morgan fingerprint density at radius 3 is 2.24 bits per heavy atom. The van der Waals surface area contributed by atoms with E-state index in [-0.39, 0.29) is 37.2 Å². The number of esters is 1. The van der Waals surface area contributed by atoms with Gasteiger partial charge in [0.1, 0.15) is 5.54 Å². The highest BCUT2D eigenvalue weighted by atomic mass is 16.5. The Hall–Kier alpha value is -4.54. The minimum atomic E-state index is -1.18. The first kappa shape index (κ1) is 32.8. The largest absolute Gasteiger partial charge is 0.467 e. The summed E-state index contributed by atoms with van der Waals surface area (Å²) in [4.78, 5) is 58.8. The molecule has 0 spiro atoms. The zero-order valence-corrected chi connectivity index (χ0v) is 26.4. The molecule has 3 aromatic carbocycles. The first-order valence-electron chi connectivity index (χ1n) is 15.9. The second-order valence-electron chi connectivity index (χ2n) is 12.0. The molecule has 3 N–H and O–H groups in total. The number of hydrogen-bond acceptors (Lipinski definition) is 7. The van der Waals surface area contributed by atoms with Gasteiger partial charge in [-0.15, -0.1) is 0 Å². The van der Waals surface area contributed by atoms with Gasteiger partial charge in [-0.25, -0.2) is 4.79 Å². The quantitative estimate of drug-likeness (QED) is 0.314. The molecule has 0 radical (unpaired) electrons. The van der Waals surface area contributed by atoms with Crippen molar-refractivity contribution in [2.24, 2.45) is 5.73 Å². The van der Waals surface area contributed by atoms with E-state index in [0.717, 1.165) is 24.1 Å². The SMILES string of the molecule is COC(=O)C1(N(C(=O)CCNC(=O)CN2Cc3ccccc3C[C@H](N)C2=O)c2ccccc2)CCN(CCc2ccccc2)CC1. The third kappa shape index (κ3) is 7.63. The number of amides is 3. The van der Waals surface area contributed by atoms with Crippen LogP contribution >= 0.6 is 0 Å². The van der Waals surface area contributed by atoms with Crippen molar-refractivity contribution in [2.45, 2.75) is 50.2 Å². The van der Waals surface area contributed by atoms with Crippen LogP contribution in [0.25, 0.3) is 0 Å². The summed E-state index contributed by atoms with van der Waals surface area (Å²) in [5.41, 5.74) is 8.78. The monoisotopic (exact) mass is 625 g/mol. The van der Waals surface area contributed by atoms with Crippen molar-refractivity contribution in [1.29, 1.82) is 0 Å². The first-order valence-corrected chi connectivity index (χ1v) is 15.9. The van der Waals surface area contributed by atoms with Crippen LogP contribution in [0.15, 0.2) is 84.9 Å². The third-order valence-corrected chi connectivity index (χ3v) is 9.04. The number of likely N-dealkylation sites (tertiary alicyclic amines) is 1. The number of piperidine rings is 1. The highest BCUT2D eigenvalue weighted by Crippen LogP contribution is 2.35. The van der Waals surface area contributed by atoms with E-state index in [9.17, 15) is 19.2 Å². The highest BCUT2D eigenvalue weighted by molar-refractivity contribution is 6.02. The van der Waals surface area contributed by atoms with E-state index < -0.39 is 17.6 Å². The number of carbonyl (C=O) groups is 4. The number of benzene rings is 3. The van der Waals surface area contributed by atoms with Gasteiger partial charge in [0.25, 0.3) is 0 Å². The number of methoxy groups -OCH3 is 1. The fraction of sp³-hybridized carbons (Fsp3) is 0.389. The number of rotatable bonds is 11. The maximum Gasteiger partial charge on any atom is 0.332 e. The molecule has 242 valence electrons. The van der Waals surface area contributed by atoms with Gasteiger partial charge in [-0.2, -0.15) is 0 Å². The molecule has 10 nitrogen and oxygen atoms in total. The lowest BCUT2D eigenvalue weighted by Gasteiger charge is -2.46. The van der Waals surface area contributed by atoms with Crippen molar-refractivity contribution in [3.8, 4) is 0 Å². The van der Waals surface area contributed by atoms with Gasteiger partial charge in [0, 0.05) is 44.8 Å². The standard InChI is InChI=1S/C36H43N5O5/c1-46-35(45)36(18-22-39(23-19-36)21-17-27-10-4-2-5-11-27)41(30-14-6-3-7-15-30)33(43)16-20-38-32(42)26-40-25-29-13-9-8-12-28(29)24-31(37)34(40)44/h2-15,31H,16-26,37H2,1H3,(H,38,42)/t31-/m0/s1. The van der Waals surface area contributed by atoms with E-state index in [1.54, 1.807) is 4.90 Å². The minimum Gasteiger partial charge on any atom is -0.467 e. The molecule has 0 aliphatic carbocycles. The molecule has 0 aromatic heterocycles. The van der Waals surface area contributed by atoms with E-state index in [4.69, 9.17) is 10.5 Å². The van der Waals surface area contributed by atoms with Crippen molar-refractivity contribution in [2.75, 3.05) is 44.7 Å². The summed E-state index contributed by atoms with van der Waals surface area (Å²) in [6, 6.07) is 26.4. The van der Waals surface area contributed by atoms with Crippen LogP contribution in [-0.2, 0) is 43.3 Å². The van der Waals surface area contributed by atoms with E-state index in [0.29, 0.717) is 44.6 Å². The number of nitrogens with two attached hydrogens (primary N) is 1. The molecule has 10 heteroatoms. The van der Waals surface area contributed by atoms with Crippen molar-refractivity contribution in [3.63, 3.8) is 0 Å². The third-order valence-electron chi connectivity index (χ3n) is 9.04. The zero-order valence-electron chi connectivity index (χ0n) is 26.4. The Balaban J connectivity index is 1.24. The number of nitrogens with one attached hydrogen (secondary N) is 1. The van der Waals surface area contributed by atoms with Crippen molar-refractivity contribution in [3.05, 3.63) is 102 Å². The lowest BCUT2D eigenvalue weighted by atomic mass is 9.84. The molecule has 1 fully saturated rings. The lowest BCUT2D eigenvalue weighted by Crippen LogP contribution is -2.63. The van der Waals surface area contributed by atoms with Gasteiger partial charge in [-0.1, -0.05) is 72.8 Å². The molecule has 2 aliphatic rings. The summed E-state index contributed by atoms with van der Waals surface area (Å²) in [6.45, 7) is 2.28. The first-order chi connectivity index (χ1) is 22.3. The Bertz CT molecular complexity index is 1510. The maximum atomic E-state index is 14.0. The van der Waals surface area contributed by atoms with E-state index in [2.05, 4.69) is 22.3 Å². The van der Waals surface area contributed by atoms with Gasteiger partial charge >= 0.3 is 5.97 Å². The fourth-order valence-corrected chi connectivity index (χ4v) is 6.53. The second-order valence-corrected chi connectivity index (χ2v) is 12.0. The second kappa shape index (κ2) is 15.2. The zero-order chi connectivity index (χ0) is 32.5. The number of carbonyl (C=O) groups excluding carboxylic acids is 4. The predicted molar refractivity (Wildman–Crippen MR) is 176 cm³/mol. The Morgan fingerprint density at radius 2 is 1.57 bits per heavy atom. The molecule has 46 heavy (non-hydrogen) atoms.